The Labute approximate surface area is 137 Å². The summed E-state index contributed by atoms with van der Waals surface area (Å²) in [5.74, 6) is -5.33. The van der Waals surface area contributed by atoms with E-state index in [4.69, 9.17) is 9.84 Å². The van der Waals surface area contributed by atoms with E-state index in [1.165, 1.54) is 6.92 Å². The molecule has 0 aromatic heterocycles. The van der Waals surface area contributed by atoms with Gasteiger partial charge in [0, 0.05) is 5.56 Å². The maximum absolute atomic E-state index is 13.5. The highest BCUT2D eigenvalue weighted by atomic mass is 19.1. The number of carbonyl (C=O) groups is 3. The summed E-state index contributed by atoms with van der Waals surface area (Å²) < 4.78 is 31.8. The highest BCUT2D eigenvalue weighted by Crippen LogP contribution is 2.14. The van der Waals surface area contributed by atoms with E-state index >= 15 is 0 Å². The van der Waals surface area contributed by atoms with Gasteiger partial charge in [-0.15, -0.1) is 0 Å². The number of halogens is 2. The van der Waals surface area contributed by atoms with Gasteiger partial charge in [0.05, 0.1) is 18.9 Å². The van der Waals surface area contributed by atoms with Crippen molar-refractivity contribution in [3.05, 3.63) is 35.4 Å². The van der Waals surface area contributed by atoms with Gasteiger partial charge in [-0.25, -0.2) is 13.6 Å². The lowest BCUT2D eigenvalue weighted by molar-refractivity contribution is -0.149. The molecule has 0 saturated heterocycles. The molecule has 24 heavy (non-hydrogen) atoms. The Hall–Kier alpha value is -2.51. The first-order valence-corrected chi connectivity index (χ1v) is 7.37. The Morgan fingerprint density at radius 3 is 2.33 bits per heavy atom. The van der Waals surface area contributed by atoms with Gasteiger partial charge in [0.1, 0.15) is 17.7 Å². The maximum atomic E-state index is 13.5. The smallest absolute Gasteiger partial charge is 0.326 e. The zero-order chi connectivity index (χ0) is 18.3. The first-order valence-electron chi connectivity index (χ1n) is 7.37. The van der Waals surface area contributed by atoms with Crippen LogP contribution in [0.3, 0.4) is 0 Å². The van der Waals surface area contributed by atoms with Crippen LogP contribution in [0.1, 0.15) is 25.8 Å². The van der Waals surface area contributed by atoms with Crippen molar-refractivity contribution in [1.29, 1.82) is 0 Å². The number of benzene rings is 1. The number of nitrogens with one attached hydrogen (secondary N) is 1. The highest BCUT2D eigenvalue weighted by molar-refractivity contribution is 5.85. The number of esters is 1. The fourth-order valence-corrected chi connectivity index (χ4v) is 2.06. The normalized spacial score (nSPS) is 13.0. The van der Waals surface area contributed by atoms with E-state index in [1.54, 1.807) is 6.92 Å². The zero-order valence-electron chi connectivity index (χ0n) is 13.3. The van der Waals surface area contributed by atoms with E-state index in [0.717, 1.165) is 18.2 Å². The summed E-state index contributed by atoms with van der Waals surface area (Å²) in [6.45, 7) is 3.24. The van der Waals surface area contributed by atoms with Crippen LogP contribution in [0.25, 0.3) is 0 Å². The zero-order valence-corrected chi connectivity index (χ0v) is 13.3. The molecule has 0 fully saturated rings. The monoisotopic (exact) mass is 343 g/mol. The average molecular weight is 343 g/mol. The number of aliphatic carboxylic acids is 1. The van der Waals surface area contributed by atoms with E-state index in [1.807, 2.05) is 0 Å². The van der Waals surface area contributed by atoms with Crippen molar-refractivity contribution in [2.45, 2.75) is 32.7 Å². The largest absolute Gasteiger partial charge is 0.480 e. The van der Waals surface area contributed by atoms with Crippen molar-refractivity contribution >= 4 is 17.8 Å². The summed E-state index contributed by atoms with van der Waals surface area (Å²) in [6.07, 6.45) is -0.838. The summed E-state index contributed by atoms with van der Waals surface area (Å²) in [7, 11) is 0. The summed E-state index contributed by atoms with van der Waals surface area (Å²) in [4.78, 5) is 34.6. The van der Waals surface area contributed by atoms with E-state index in [2.05, 4.69) is 5.32 Å². The molecule has 1 aromatic rings. The fraction of sp³-hybridized carbons (Fsp3) is 0.438. The molecule has 1 amide bonds. The molecule has 0 spiro atoms. The summed E-state index contributed by atoms with van der Waals surface area (Å²) in [5.41, 5.74) is -0.447. The van der Waals surface area contributed by atoms with Gasteiger partial charge in [-0.3, -0.25) is 9.59 Å². The van der Waals surface area contributed by atoms with Crippen LogP contribution in [0, 0.1) is 17.6 Å². The van der Waals surface area contributed by atoms with Crippen LogP contribution in [0.2, 0.25) is 0 Å². The van der Waals surface area contributed by atoms with Crippen LogP contribution in [0.15, 0.2) is 18.2 Å². The van der Waals surface area contributed by atoms with Crippen molar-refractivity contribution in [2.75, 3.05) is 6.61 Å². The van der Waals surface area contributed by atoms with Crippen molar-refractivity contribution in [3.63, 3.8) is 0 Å². The SMILES string of the molecule is CCOC(=O)[C@H](C)C[C@@H](NC(=O)Cc1c(F)cccc1F)C(=O)O. The van der Waals surface area contributed by atoms with Crippen LogP contribution in [0.4, 0.5) is 8.78 Å². The number of hydrogen-bond acceptors (Lipinski definition) is 4. The molecule has 132 valence electrons. The lowest BCUT2D eigenvalue weighted by Gasteiger charge is -2.18. The number of carboxylic acids is 1. The Balaban J connectivity index is 2.73. The van der Waals surface area contributed by atoms with E-state index in [-0.39, 0.29) is 13.0 Å². The Morgan fingerprint density at radius 1 is 1.25 bits per heavy atom. The van der Waals surface area contributed by atoms with E-state index in [9.17, 15) is 23.2 Å². The van der Waals surface area contributed by atoms with Crippen LogP contribution >= 0.6 is 0 Å². The van der Waals surface area contributed by atoms with Crippen LogP contribution in [0.5, 0.6) is 0 Å². The van der Waals surface area contributed by atoms with E-state index < -0.39 is 53.4 Å². The third-order valence-corrected chi connectivity index (χ3v) is 3.31. The van der Waals surface area contributed by atoms with Crippen LogP contribution in [-0.2, 0) is 25.5 Å². The van der Waals surface area contributed by atoms with Crippen LogP contribution < -0.4 is 5.32 Å². The number of carbonyl (C=O) groups excluding carboxylic acids is 2. The molecule has 0 unspecified atom stereocenters. The molecule has 0 aliphatic heterocycles. The minimum atomic E-state index is -1.37. The second-order valence-electron chi connectivity index (χ2n) is 5.22. The Bertz CT molecular complexity index is 600. The molecule has 2 atom stereocenters. The van der Waals surface area contributed by atoms with Gasteiger partial charge in [0.15, 0.2) is 0 Å². The van der Waals surface area contributed by atoms with Gasteiger partial charge in [0.2, 0.25) is 5.91 Å². The first kappa shape index (κ1) is 19.5. The second kappa shape index (κ2) is 8.95. The average Bonchev–Trinajstić information content (AvgIpc) is 2.50. The predicted octanol–water partition coefficient (Wildman–Crippen LogP) is 1.67. The number of amides is 1. The van der Waals surface area contributed by atoms with Gasteiger partial charge in [-0.1, -0.05) is 13.0 Å². The predicted molar refractivity (Wildman–Crippen MR) is 80.0 cm³/mol. The van der Waals surface area contributed by atoms with Crippen LogP contribution in [-0.4, -0.2) is 35.6 Å². The molecule has 1 rings (SSSR count). The number of hydrogen-bond donors (Lipinski definition) is 2. The minimum absolute atomic E-state index is 0.153. The van der Waals surface area contributed by atoms with Gasteiger partial charge in [-0.05, 0) is 25.5 Å². The van der Waals surface area contributed by atoms with Crippen molar-refractivity contribution in [3.8, 4) is 0 Å². The number of carboxylic acid groups (broad SMARTS) is 1. The maximum Gasteiger partial charge on any atom is 0.326 e. The standard InChI is InChI=1S/C16H19F2NO5/c1-3-24-16(23)9(2)7-13(15(21)22)19-14(20)8-10-11(17)5-4-6-12(10)18/h4-6,9,13H,3,7-8H2,1-2H3,(H,19,20)(H,21,22)/t9-,13-/m1/s1. The molecule has 0 aliphatic carbocycles. The minimum Gasteiger partial charge on any atom is -0.480 e. The molecule has 0 bridgehead atoms. The van der Waals surface area contributed by atoms with E-state index in [0.29, 0.717) is 0 Å². The third kappa shape index (κ3) is 5.60. The lowest BCUT2D eigenvalue weighted by atomic mass is 10.0. The molecule has 6 nitrogen and oxygen atoms in total. The summed E-state index contributed by atoms with van der Waals surface area (Å²) in [6, 6.07) is 1.80. The fourth-order valence-electron chi connectivity index (χ4n) is 2.06. The molecule has 0 aliphatic rings. The van der Waals surface area contributed by atoms with Gasteiger partial charge < -0.3 is 15.2 Å². The Morgan fingerprint density at radius 2 is 1.83 bits per heavy atom. The second-order valence-corrected chi connectivity index (χ2v) is 5.22. The quantitative estimate of drug-likeness (QED) is 0.701. The first-order chi connectivity index (χ1) is 11.3. The molecule has 0 saturated carbocycles. The summed E-state index contributed by atoms with van der Waals surface area (Å²) in [5, 5.41) is 11.3. The lowest BCUT2D eigenvalue weighted by Crippen LogP contribution is -2.43. The molecule has 1 aromatic carbocycles. The van der Waals surface area contributed by atoms with Gasteiger partial charge >= 0.3 is 11.9 Å². The van der Waals surface area contributed by atoms with Crippen molar-refractivity contribution < 1.29 is 33.0 Å². The molecular formula is C16H19F2NO5. The molecule has 8 heteroatoms. The van der Waals surface area contributed by atoms with Crippen molar-refractivity contribution in [1.82, 2.24) is 5.32 Å². The topological polar surface area (TPSA) is 92.7 Å². The Kier molecular flexibility index (Phi) is 7.29. The summed E-state index contributed by atoms with van der Waals surface area (Å²) >= 11 is 0. The molecule has 2 N–H and O–H groups in total. The highest BCUT2D eigenvalue weighted by Gasteiger charge is 2.27. The van der Waals surface area contributed by atoms with Crippen molar-refractivity contribution in [2.24, 2.45) is 5.92 Å². The number of rotatable bonds is 8. The van der Waals surface area contributed by atoms with Gasteiger partial charge in [-0.2, -0.15) is 0 Å². The molecule has 0 heterocycles. The molecule has 0 radical (unpaired) electrons. The third-order valence-electron chi connectivity index (χ3n) is 3.31. The molecular weight excluding hydrogens is 324 g/mol. The van der Waals surface area contributed by atoms with Gasteiger partial charge in [0.25, 0.3) is 0 Å². The number of ether oxygens (including phenoxy) is 1.